The number of hydrogen-bond acceptors (Lipinski definition) is 2. The number of carbonyl (C=O) groups excluding carboxylic acids is 1. The van der Waals surface area contributed by atoms with E-state index in [-0.39, 0.29) is 30.7 Å². The summed E-state index contributed by atoms with van der Waals surface area (Å²) in [5, 5.41) is 1.03. The van der Waals surface area contributed by atoms with Gasteiger partial charge in [0.15, 0.2) is 0 Å². The highest BCUT2D eigenvalue weighted by atomic mass is 35.5. The van der Waals surface area contributed by atoms with Crippen LogP contribution in [0.5, 0.6) is 0 Å². The first-order valence-corrected chi connectivity index (χ1v) is 3.84. The molecule has 1 heterocycles. The van der Waals surface area contributed by atoms with Crippen LogP contribution >= 0.6 is 12.4 Å². The van der Waals surface area contributed by atoms with Gasteiger partial charge in [-0.3, -0.25) is 4.79 Å². The first kappa shape index (κ1) is 10.8. The zero-order valence-electron chi connectivity index (χ0n) is 7.16. The molecule has 3 nitrogen and oxygen atoms in total. The summed E-state index contributed by atoms with van der Waals surface area (Å²) in [4.78, 5) is 14.9. The minimum absolute atomic E-state index is 0. The van der Waals surface area contributed by atoms with E-state index in [0.717, 1.165) is 0 Å². The van der Waals surface area contributed by atoms with Gasteiger partial charge in [0.2, 0.25) is 0 Å². The van der Waals surface area contributed by atoms with Crippen LogP contribution < -0.4 is 16.3 Å². The highest BCUT2D eigenvalue weighted by molar-refractivity contribution is 6.15. The van der Waals surface area contributed by atoms with E-state index < -0.39 is 0 Å². The normalized spacial score (nSPS) is 13.3. The highest BCUT2D eigenvalue weighted by Gasteiger charge is 2.14. The van der Waals surface area contributed by atoms with Crippen LogP contribution in [0, 0.1) is 5.82 Å². The molecule has 0 unspecified atom stereocenters. The molecule has 0 aromatic heterocycles. The van der Waals surface area contributed by atoms with Crippen molar-refractivity contribution >= 4 is 23.9 Å². The van der Waals surface area contributed by atoms with Gasteiger partial charge >= 0.3 is 0 Å². The Hall–Kier alpha value is -1.26. The van der Waals surface area contributed by atoms with Crippen LogP contribution in [0.25, 0.3) is 5.57 Å². The number of amides is 1. The summed E-state index contributed by atoms with van der Waals surface area (Å²) in [6.07, 6.45) is 0. The third-order valence-electron chi connectivity index (χ3n) is 1.97. The quantitative estimate of drug-likeness (QED) is 0.687. The second kappa shape index (κ2) is 3.86. The lowest BCUT2D eigenvalue weighted by Crippen LogP contribution is -2.25. The minimum atomic E-state index is -0.380. The molecular weight excluding hydrogens is 207 g/mol. The maximum Gasteiger partial charge on any atom is 0.275 e. The highest BCUT2D eigenvalue weighted by Crippen LogP contribution is 1.98. The number of rotatable bonds is 1. The van der Waals surface area contributed by atoms with Crippen LogP contribution in [0.1, 0.15) is 0 Å². The van der Waals surface area contributed by atoms with E-state index in [1.165, 1.54) is 18.2 Å². The van der Waals surface area contributed by atoms with Crippen molar-refractivity contribution in [2.75, 3.05) is 6.54 Å². The average Bonchev–Trinajstić information content (AvgIpc) is 2.40. The van der Waals surface area contributed by atoms with Crippen LogP contribution in [0.4, 0.5) is 4.39 Å². The Morgan fingerprint density at radius 3 is 2.79 bits per heavy atom. The van der Waals surface area contributed by atoms with Crippen molar-refractivity contribution in [2.24, 2.45) is 10.7 Å². The van der Waals surface area contributed by atoms with E-state index in [9.17, 15) is 9.18 Å². The fourth-order valence-electron chi connectivity index (χ4n) is 1.34. The second-order valence-electron chi connectivity index (χ2n) is 2.76. The van der Waals surface area contributed by atoms with Gasteiger partial charge in [-0.1, -0.05) is 0 Å². The Morgan fingerprint density at radius 2 is 2.14 bits per heavy atom. The minimum Gasteiger partial charge on any atom is -0.326 e. The first-order chi connectivity index (χ1) is 6.22. The lowest BCUT2D eigenvalue weighted by molar-refractivity contribution is -0.112. The number of hydrogen-bond donors (Lipinski definition) is 1. The summed E-state index contributed by atoms with van der Waals surface area (Å²) in [5.74, 6) is -0.738. The average molecular weight is 215 g/mol. The van der Waals surface area contributed by atoms with E-state index in [4.69, 9.17) is 5.73 Å². The molecule has 0 saturated carbocycles. The molecule has 1 aromatic rings. The maximum atomic E-state index is 12.8. The van der Waals surface area contributed by atoms with Gasteiger partial charge in [-0.2, -0.15) is 0 Å². The van der Waals surface area contributed by atoms with Gasteiger partial charge in [0.25, 0.3) is 5.91 Å². The topological polar surface area (TPSA) is 55.4 Å². The number of benzene rings is 1. The van der Waals surface area contributed by atoms with Crippen molar-refractivity contribution in [3.05, 3.63) is 34.6 Å². The lowest BCUT2D eigenvalue weighted by atomic mass is 10.2. The molecule has 0 fully saturated rings. The van der Waals surface area contributed by atoms with E-state index in [0.29, 0.717) is 16.1 Å². The zero-order chi connectivity index (χ0) is 9.42. The first-order valence-electron chi connectivity index (χ1n) is 3.84. The third-order valence-corrected chi connectivity index (χ3v) is 1.97. The van der Waals surface area contributed by atoms with Gasteiger partial charge in [-0.05, 0) is 18.2 Å². The molecule has 1 aromatic carbocycles. The maximum absolute atomic E-state index is 12.8. The molecular formula is C9H8ClFN2O. The van der Waals surface area contributed by atoms with E-state index in [1.54, 1.807) is 0 Å². The van der Waals surface area contributed by atoms with Crippen molar-refractivity contribution < 1.29 is 9.18 Å². The van der Waals surface area contributed by atoms with Gasteiger partial charge in [0, 0.05) is 17.3 Å². The Balaban J connectivity index is 0.000000980. The summed E-state index contributed by atoms with van der Waals surface area (Å²) in [6.45, 7) is 0.0960. The van der Waals surface area contributed by atoms with Crippen molar-refractivity contribution in [3.8, 4) is 0 Å². The number of nitrogens with zero attached hydrogens (tertiary/aromatic N) is 1. The molecule has 2 N–H and O–H groups in total. The monoisotopic (exact) mass is 214 g/mol. The predicted molar refractivity (Wildman–Crippen MR) is 51.9 cm³/mol. The van der Waals surface area contributed by atoms with Gasteiger partial charge in [0.1, 0.15) is 5.82 Å². The van der Waals surface area contributed by atoms with Crippen molar-refractivity contribution in [2.45, 2.75) is 0 Å². The van der Waals surface area contributed by atoms with Crippen LogP contribution in [-0.2, 0) is 4.79 Å². The summed E-state index contributed by atoms with van der Waals surface area (Å²) < 4.78 is 12.8. The molecule has 0 radical (unpaired) electrons. The Labute approximate surface area is 85.5 Å². The molecule has 2 rings (SSSR count). The fourth-order valence-corrected chi connectivity index (χ4v) is 1.34. The lowest BCUT2D eigenvalue weighted by Gasteiger charge is -1.91. The molecule has 14 heavy (non-hydrogen) atoms. The molecule has 74 valence electrons. The molecule has 1 aliphatic rings. The number of halogens is 2. The molecule has 1 aliphatic heterocycles. The number of nitrogens with two attached hydrogens (primary N) is 1. The van der Waals surface area contributed by atoms with E-state index in [1.807, 2.05) is 0 Å². The van der Waals surface area contributed by atoms with Gasteiger partial charge < -0.3 is 5.73 Å². The largest absolute Gasteiger partial charge is 0.326 e. The summed E-state index contributed by atoms with van der Waals surface area (Å²) >= 11 is 0. The summed E-state index contributed by atoms with van der Waals surface area (Å²) in [6, 6.07) is 4.03. The Morgan fingerprint density at radius 1 is 1.43 bits per heavy atom. The smallest absolute Gasteiger partial charge is 0.275 e. The van der Waals surface area contributed by atoms with Gasteiger partial charge in [-0.25, -0.2) is 9.38 Å². The molecule has 0 saturated heterocycles. The van der Waals surface area contributed by atoms with Crippen LogP contribution in [0.3, 0.4) is 0 Å². The van der Waals surface area contributed by atoms with E-state index >= 15 is 0 Å². The third kappa shape index (κ3) is 1.54. The summed E-state index contributed by atoms with van der Waals surface area (Å²) in [5.41, 5.74) is 5.73. The SMILES string of the molecule is Cl.NCC1=c2cc(F)ccc2=NC1=O. The zero-order valence-corrected chi connectivity index (χ0v) is 7.97. The second-order valence-corrected chi connectivity index (χ2v) is 2.76. The molecule has 5 heteroatoms. The van der Waals surface area contributed by atoms with Crippen molar-refractivity contribution in [3.63, 3.8) is 0 Å². The molecule has 0 aliphatic carbocycles. The number of carbonyl (C=O) groups is 1. The van der Waals surface area contributed by atoms with Crippen LogP contribution in [0.2, 0.25) is 0 Å². The molecule has 1 amide bonds. The van der Waals surface area contributed by atoms with Gasteiger partial charge in [0.05, 0.1) is 5.36 Å². The van der Waals surface area contributed by atoms with Crippen LogP contribution in [0.15, 0.2) is 23.2 Å². The Bertz CT molecular complexity index is 498. The summed E-state index contributed by atoms with van der Waals surface area (Å²) in [7, 11) is 0. The standard InChI is InChI=1S/C9H7FN2O.ClH/c10-5-1-2-8-6(3-5)7(4-11)9(13)12-8;/h1-3H,4,11H2;1H. The van der Waals surface area contributed by atoms with Crippen LogP contribution in [-0.4, -0.2) is 12.5 Å². The molecule has 0 spiro atoms. The Kier molecular flexibility index (Phi) is 2.98. The van der Waals surface area contributed by atoms with E-state index in [2.05, 4.69) is 4.99 Å². The fraction of sp³-hybridized carbons (Fsp3) is 0.111. The predicted octanol–water partition coefficient (Wildman–Crippen LogP) is -0.483. The molecule has 0 bridgehead atoms. The van der Waals surface area contributed by atoms with Crippen molar-refractivity contribution in [1.82, 2.24) is 0 Å². The molecule has 0 atom stereocenters. The number of fused-ring (bicyclic) bond motifs is 1. The van der Waals surface area contributed by atoms with Gasteiger partial charge in [-0.15, -0.1) is 12.4 Å². The van der Waals surface area contributed by atoms with Crippen molar-refractivity contribution in [1.29, 1.82) is 0 Å².